The molecule has 0 aliphatic rings. The standard InChI is InChI=1S/C41H71N3O5S/c1-4-7-10-13-14-17-23-35-48-39(45)28-21-18-22-32-44(41(47)50-36-25-31-43-34-30-42-37-43)33-24-29-40(46)49-38(26-19-15-11-8-5-2)27-20-16-12-9-6-3/h11,15,17,23,30,34,37-38H,4-10,12-14,16,18-22,24-29,31-33,35-36H2,1-3H3/b15-11+,23-17-. The Bertz CT molecular complexity index is 1010. The van der Waals surface area contributed by atoms with E-state index in [9.17, 15) is 14.4 Å². The number of esters is 2. The molecular formula is C41H71N3O5S. The van der Waals surface area contributed by atoms with Gasteiger partial charge < -0.3 is 18.9 Å². The molecule has 0 aromatic carbocycles. The fourth-order valence-electron chi connectivity index (χ4n) is 5.63. The monoisotopic (exact) mass is 718 g/mol. The van der Waals surface area contributed by atoms with Crippen LogP contribution >= 0.6 is 11.8 Å². The number of amides is 1. The number of carbonyl (C=O) groups is 3. The van der Waals surface area contributed by atoms with Gasteiger partial charge in [-0.2, -0.15) is 0 Å². The summed E-state index contributed by atoms with van der Waals surface area (Å²) in [5, 5.41) is 0.0497. The molecule has 8 nitrogen and oxygen atoms in total. The summed E-state index contributed by atoms with van der Waals surface area (Å²) in [6.45, 7) is 8.91. The second kappa shape index (κ2) is 33.6. The maximum Gasteiger partial charge on any atom is 0.306 e. The summed E-state index contributed by atoms with van der Waals surface area (Å²) in [4.78, 5) is 44.3. The van der Waals surface area contributed by atoms with Crippen molar-refractivity contribution in [1.29, 1.82) is 0 Å². The van der Waals surface area contributed by atoms with Gasteiger partial charge in [-0.3, -0.25) is 14.4 Å². The molecule has 1 amide bonds. The molecule has 1 heterocycles. The Morgan fingerprint density at radius 2 is 1.42 bits per heavy atom. The molecule has 0 N–H and O–H groups in total. The van der Waals surface area contributed by atoms with E-state index in [0.717, 1.165) is 82.9 Å². The molecule has 0 bridgehead atoms. The van der Waals surface area contributed by atoms with Crippen LogP contribution < -0.4 is 0 Å². The zero-order valence-electron chi connectivity index (χ0n) is 32.0. The Kier molecular flexibility index (Phi) is 30.5. The molecular weight excluding hydrogens is 647 g/mol. The van der Waals surface area contributed by atoms with Crippen LogP contribution in [0.1, 0.15) is 162 Å². The van der Waals surface area contributed by atoms with Crippen LogP contribution in [0.15, 0.2) is 43.0 Å². The summed E-state index contributed by atoms with van der Waals surface area (Å²) < 4.78 is 13.3. The number of thioether (sulfide) groups is 1. The number of imidazole rings is 1. The summed E-state index contributed by atoms with van der Waals surface area (Å²) in [6, 6.07) is 0. The molecule has 1 aromatic heterocycles. The highest BCUT2D eigenvalue weighted by molar-refractivity contribution is 8.13. The molecule has 0 aliphatic carbocycles. The Morgan fingerprint density at radius 3 is 2.18 bits per heavy atom. The van der Waals surface area contributed by atoms with E-state index >= 15 is 0 Å². The normalized spacial score (nSPS) is 12.1. The first-order valence-corrected chi connectivity index (χ1v) is 21.0. The van der Waals surface area contributed by atoms with Crippen LogP contribution in [0.2, 0.25) is 0 Å². The number of aryl methyl sites for hydroxylation is 1. The lowest BCUT2D eigenvalue weighted by Crippen LogP contribution is -2.31. The number of nitrogens with zero attached hydrogens (tertiary/aromatic N) is 3. The van der Waals surface area contributed by atoms with Crippen molar-refractivity contribution < 1.29 is 23.9 Å². The van der Waals surface area contributed by atoms with Crippen molar-refractivity contribution in [2.24, 2.45) is 0 Å². The van der Waals surface area contributed by atoms with Crippen LogP contribution in [0.25, 0.3) is 0 Å². The molecule has 1 atom stereocenters. The molecule has 0 aliphatic heterocycles. The maximum absolute atomic E-state index is 13.2. The van der Waals surface area contributed by atoms with Gasteiger partial charge in [0.1, 0.15) is 12.7 Å². The molecule has 0 fully saturated rings. The molecule has 1 unspecified atom stereocenters. The van der Waals surface area contributed by atoms with Gasteiger partial charge in [0, 0.05) is 50.6 Å². The molecule has 286 valence electrons. The third kappa shape index (κ3) is 27.2. The maximum atomic E-state index is 13.2. The first-order valence-electron chi connectivity index (χ1n) is 20.0. The summed E-state index contributed by atoms with van der Waals surface area (Å²) in [5.41, 5.74) is 0. The van der Waals surface area contributed by atoms with E-state index in [1.54, 1.807) is 12.5 Å². The number of ether oxygens (including phenoxy) is 2. The van der Waals surface area contributed by atoms with Crippen molar-refractivity contribution >= 4 is 28.9 Å². The van der Waals surface area contributed by atoms with Gasteiger partial charge >= 0.3 is 11.9 Å². The largest absolute Gasteiger partial charge is 0.462 e. The van der Waals surface area contributed by atoms with E-state index in [1.807, 2.05) is 21.7 Å². The molecule has 1 rings (SSSR count). The third-order valence-corrected chi connectivity index (χ3v) is 9.66. The van der Waals surface area contributed by atoms with Gasteiger partial charge in [0.15, 0.2) is 0 Å². The summed E-state index contributed by atoms with van der Waals surface area (Å²) in [6.07, 6.45) is 35.4. The van der Waals surface area contributed by atoms with Crippen molar-refractivity contribution in [2.45, 2.75) is 175 Å². The second-order valence-electron chi connectivity index (χ2n) is 13.3. The molecule has 1 aromatic rings. The molecule has 9 heteroatoms. The van der Waals surface area contributed by atoms with Crippen molar-refractivity contribution in [1.82, 2.24) is 14.5 Å². The fraction of sp³-hybridized carbons (Fsp3) is 0.756. The molecule has 0 radical (unpaired) electrons. The number of unbranched alkanes of at least 4 members (excludes halogenated alkanes) is 11. The third-order valence-electron chi connectivity index (χ3n) is 8.66. The van der Waals surface area contributed by atoms with E-state index < -0.39 is 0 Å². The highest BCUT2D eigenvalue weighted by Crippen LogP contribution is 2.17. The van der Waals surface area contributed by atoms with Crippen LogP contribution in [0, 0.1) is 0 Å². The summed E-state index contributed by atoms with van der Waals surface area (Å²) in [5.74, 6) is 0.393. The summed E-state index contributed by atoms with van der Waals surface area (Å²) in [7, 11) is 0. The summed E-state index contributed by atoms with van der Waals surface area (Å²) >= 11 is 1.34. The minimum Gasteiger partial charge on any atom is -0.462 e. The Labute approximate surface area is 309 Å². The van der Waals surface area contributed by atoms with E-state index in [1.165, 1.54) is 63.1 Å². The average Bonchev–Trinajstić information content (AvgIpc) is 3.63. The average molecular weight is 718 g/mol. The number of allylic oxidation sites excluding steroid dienone is 3. The van der Waals surface area contributed by atoms with Crippen LogP contribution in [0.3, 0.4) is 0 Å². The fourth-order valence-corrected chi connectivity index (χ4v) is 6.44. The van der Waals surface area contributed by atoms with E-state index in [2.05, 4.69) is 44.0 Å². The van der Waals surface area contributed by atoms with Gasteiger partial charge in [-0.1, -0.05) is 115 Å². The molecule has 0 saturated heterocycles. The second-order valence-corrected chi connectivity index (χ2v) is 14.4. The Morgan fingerprint density at radius 1 is 0.720 bits per heavy atom. The molecule has 0 saturated carbocycles. The van der Waals surface area contributed by atoms with Gasteiger partial charge in [0.25, 0.3) is 5.24 Å². The van der Waals surface area contributed by atoms with Gasteiger partial charge in [0.05, 0.1) is 6.33 Å². The predicted molar refractivity (Wildman–Crippen MR) is 209 cm³/mol. The zero-order chi connectivity index (χ0) is 36.3. The van der Waals surface area contributed by atoms with Gasteiger partial charge in [-0.05, 0) is 70.6 Å². The van der Waals surface area contributed by atoms with E-state index in [0.29, 0.717) is 39.0 Å². The number of hydrogen-bond acceptors (Lipinski definition) is 7. The number of hydrogen-bond donors (Lipinski definition) is 0. The quantitative estimate of drug-likeness (QED) is 0.0406. The highest BCUT2D eigenvalue weighted by Gasteiger charge is 2.17. The van der Waals surface area contributed by atoms with Crippen LogP contribution in [0.5, 0.6) is 0 Å². The Balaban J connectivity index is 2.51. The van der Waals surface area contributed by atoms with Crippen LogP contribution in [0.4, 0.5) is 4.79 Å². The van der Waals surface area contributed by atoms with Gasteiger partial charge in [0.2, 0.25) is 0 Å². The lowest BCUT2D eigenvalue weighted by molar-refractivity contribution is -0.150. The van der Waals surface area contributed by atoms with Crippen molar-refractivity contribution in [3.05, 3.63) is 43.0 Å². The topological polar surface area (TPSA) is 90.7 Å². The SMILES string of the molecule is CCC/C=C/CCC(CCCCCCC)OC(=O)CCCN(CCCCCC(=O)OC/C=C\CCCCCC)C(=O)SCCCn1ccnc1. The van der Waals surface area contributed by atoms with E-state index in [4.69, 9.17) is 9.47 Å². The van der Waals surface area contributed by atoms with Gasteiger partial charge in [-0.25, -0.2) is 4.98 Å². The zero-order valence-corrected chi connectivity index (χ0v) is 32.8. The van der Waals surface area contributed by atoms with Crippen LogP contribution in [-0.4, -0.2) is 63.2 Å². The Hall–Kier alpha value is -2.55. The lowest BCUT2D eigenvalue weighted by Gasteiger charge is -2.23. The van der Waals surface area contributed by atoms with Crippen molar-refractivity contribution in [3.63, 3.8) is 0 Å². The number of carbonyl (C=O) groups excluding carboxylic acids is 3. The minimum atomic E-state index is -0.170. The van der Waals surface area contributed by atoms with E-state index in [-0.39, 0.29) is 23.3 Å². The van der Waals surface area contributed by atoms with Gasteiger partial charge in [-0.15, -0.1) is 0 Å². The molecule has 50 heavy (non-hydrogen) atoms. The lowest BCUT2D eigenvalue weighted by atomic mass is 10.0. The first-order chi connectivity index (χ1) is 24.5. The smallest absolute Gasteiger partial charge is 0.306 e. The number of rotatable bonds is 33. The first kappa shape index (κ1) is 45.5. The van der Waals surface area contributed by atoms with Crippen LogP contribution in [-0.2, 0) is 25.6 Å². The minimum absolute atomic E-state index is 0.0440. The van der Waals surface area contributed by atoms with Crippen molar-refractivity contribution in [2.75, 3.05) is 25.4 Å². The highest BCUT2D eigenvalue weighted by atomic mass is 32.2. The van der Waals surface area contributed by atoms with Crippen molar-refractivity contribution in [3.8, 4) is 0 Å². The predicted octanol–water partition coefficient (Wildman–Crippen LogP) is 11.2. The molecule has 0 spiro atoms. The number of aromatic nitrogens is 2.